The minimum atomic E-state index is -0.562. The van der Waals surface area contributed by atoms with Crippen molar-refractivity contribution in [2.45, 2.75) is 37.3 Å². The Bertz CT molecular complexity index is 1770. The van der Waals surface area contributed by atoms with E-state index in [1.54, 1.807) is 60.7 Å². The van der Waals surface area contributed by atoms with Crippen LogP contribution in [-0.4, -0.2) is 44.3 Å². The number of carbonyl (C=O) groups is 3. The first-order valence-corrected chi connectivity index (χ1v) is 15.9. The van der Waals surface area contributed by atoms with Gasteiger partial charge < -0.3 is 30.2 Å². The van der Waals surface area contributed by atoms with Crippen LogP contribution in [0.15, 0.2) is 95.5 Å². The highest BCUT2D eigenvalue weighted by Gasteiger charge is 2.21. The van der Waals surface area contributed by atoms with Gasteiger partial charge in [-0.3, -0.25) is 14.4 Å². The van der Waals surface area contributed by atoms with Gasteiger partial charge in [-0.2, -0.15) is 0 Å². The highest BCUT2D eigenvalue weighted by molar-refractivity contribution is 8.00. The van der Waals surface area contributed by atoms with Crippen LogP contribution < -0.4 is 30.2 Å². The SMILES string of the molecule is CCC(Sc1cccc(NC(=O)/C(=C\c2cc(OC)c(OC)cc2OC)NC(=O)c2ccccc2)c1)C(=O)Nc1ccc(C)cc1C. The largest absolute Gasteiger partial charge is 0.496 e. The third-order valence-electron chi connectivity index (χ3n) is 7.24. The Labute approximate surface area is 279 Å². The predicted molar refractivity (Wildman–Crippen MR) is 188 cm³/mol. The zero-order valence-electron chi connectivity index (χ0n) is 27.3. The van der Waals surface area contributed by atoms with E-state index in [0.717, 1.165) is 21.7 Å². The fourth-order valence-electron chi connectivity index (χ4n) is 4.76. The summed E-state index contributed by atoms with van der Waals surface area (Å²) in [5.41, 5.74) is 4.23. The van der Waals surface area contributed by atoms with E-state index in [4.69, 9.17) is 14.2 Å². The van der Waals surface area contributed by atoms with Crippen molar-refractivity contribution in [2.24, 2.45) is 0 Å². The number of hydrogen-bond acceptors (Lipinski definition) is 7. The van der Waals surface area contributed by atoms with Gasteiger partial charge in [-0.25, -0.2) is 0 Å². The number of benzene rings is 4. The van der Waals surface area contributed by atoms with Gasteiger partial charge in [-0.05, 0) is 74.4 Å². The van der Waals surface area contributed by atoms with Crippen molar-refractivity contribution in [3.05, 3.63) is 113 Å². The molecule has 0 aliphatic heterocycles. The Morgan fingerprint density at radius 1 is 0.787 bits per heavy atom. The number of carbonyl (C=O) groups excluding carboxylic acids is 3. The molecule has 0 heterocycles. The highest BCUT2D eigenvalue weighted by atomic mass is 32.2. The molecule has 1 unspecified atom stereocenters. The first-order valence-electron chi connectivity index (χ1n) is 15.0. The van der Waals surface area contributed by atoms with Gasteiger partial charge in [-0.1, -0.05) is 48.9 Å². The first kappa shape index (κ1) is 34.6. The van der Waals surface area contributed by atoms with E-state index in [2.05, 4.69) is 16.0 Å². The molecule has 0 aromatic heterocycles. The van der Waals surface area contributed by atoms with Gasteiger partial charge in [0.15, 0.2) is 11.5 Å². The monoisotopic (exact) mass is 653 g/mol. The number of anilines is 2. The molecule has 3 amide bonds. The summed E-state index contributed by atoms with van der Waals surface area (Å²) in [4.78, 5) is 40.9. The number of hydrogen-bond donors (Lipinski definition) is 3. The van der Waals surface area contributed by atoms with Crippen molar-refractivity contribution in [3.63, 3.8) is 0 Å². The van der Waals surface area contributed by atoms with Gasteiger partial charge in [0, 0.05) is 33.5 Å². The molecular formula is C37H39N3O6S. The third kappa shape index (κ3) is 9.17. The van der Waals surface area contributed by atoms with E-state index < -0.39 is 11.8 Å². The molecule has 9 nitrogen and oxygen atoms in total. The van der Waals surface area contributed by atoms with Gasteiger partial charge in [-0.15, -0.1) is 11.8 Å². The summed E-state index contributed by atoms with van der Waals surface area (Å²) in [6.07, 6.45) is 2.11. The van der Waals surface area contributed by atoms with Crippen molar-refractivity contribution in [1.29, 1.82) is 0 Å². The average Bonchev–Trinajstić information content (AvgIpc) is 3.08. The van der Waals surface area contributed by atoms with Gasteiger partial charge >= 0.3 is 0 Å². The summed E-state index contributed by atoms with van der Waals surface area (Å²) in [6, 6.07) is 25.0. The molecule has 4 aromatic rings. The molecular weight excluding hydrogens is 614 g/mol. The second-order valence-electron chi connectivity index (χ2n) is 10.6. The lowest BCUT2D eigenvalue weighted by Crippen LogP contribution is -2.30. The number of amides is 3. The van der Waals surface area contributed by atoms with E-state index in [1.165, 1.54) is 39.2 Å². The standard InChI is InChI=1S/C37H39N3O6S/c1-7-34(37(43)39-29-17-16-23(2)18-24(29)3)47-28-15-11-14-27(21-28)38-36(42)30(40-35(41)25-12-9-8-10-13-25)19-26-20-32(45-5)33(46-6)22-31(26)44-4/h8-22,34H,7H2,1-6H3,(H,38,42)(H,39,43)(H,40,41)/b30-19+. The smallest absolute Gasteiger partial charge is 0.272 e. The number of rotatable bonds is 13. The van der Waals surface area contributed by atoms with Crippen LogP contribution in [0.2, 0.25) is 0 Å². The summed E-state index contributed by atoms with van der Waals surface area (Å²) in [6.45, 7) is 5.94. The summed E-state index contributed by atoms with van der Waals surface area (Å²) in [5.74, 6) is 0.152. The maximum Gasteiger partial charge on any atom is 0.272 e. The van der Waals surface area contributed by atoms with Crippen LogP contribution in [0.5, 0.6) is 17.2 Å². The average molecular weight is 654 g/mol. The molecule has 0 aliphatic carbocycles. The molecule has 0 saturated heterocycles. The Balaban J connectivity index is 1.59. The van der Waals surface area contributed by atoms with Gasteiger partial charge in [0.25, 0.3) is 11.8 Å². The fraction of sp³-hybridized carbons (Fsp3) is 0.216. The second-order valence-corrected chi connectivity index (χ2v) is 11.9. The van der Waals surface area contributed by atoms with E-state index in [-0.39, 0.29) is 16.9 Å². The summed E-state index contributed by atoms with van der Waals surface area (Å²) >= 11 is 1.41. The van der Waals surface area contributed by atoms with Crippen molar-refractivity contribution in [3.8, 4) is 17.2 Å². The fourth-order valence-corrected chi connectivity index (χ4v) is 5.78. The summed E-state index contributed by atoms with van der Waals surface area (Å²) < 4.78 is 16.4. The molecule has 244 valence electrons. The quantitative estimate of drug-likeness (QED) is 0.103. The minimum Gasteiger partial charge on any atom is -0.496 e. The molecule has 0 spiro atoms. The van der Waals surface area contributed by atoms with Crippen LogP contribution in [-0.2, 0) is 9.59 Å². The molecule has 0 saturated carbocycles. The van der Waals surface area contributed by atoms with Gasteiger partial charge in [0.05, 0.1) is 26.6 Å². The lowest BCUT2D eigenvalue weighted by Gasteiger charge is -2.17. The van der Waals surface area contributed by atoms with E-state index in [9.17, 15) is 14.4 Å². The normalized spacial score (nSPS) is 11.7. The van der Waals surface area contributed by atoms with Crippen LogP contribution in [0.3, 0.4) is 0 Å². The van der Waals surface area contributed by atoms with Crippen LogP contribution in [0.4, 0.5) is 11.4 Å². The molecule has 0 radical (unpaired) electrons. The molecule has 0 bridgehead atoms. The van der Waals surface area contributed by atoms with Crippen LogP contribution in [0, 0.1) is 13.8 Å². The molecule has 4 aromatic carbocycles. The van der Waals surface area contributed by atoms with Gasteiger partial charge in [0.2, 0.25) is 5.91 Å². The van der Waals surface area contributed by atoms with Crippen LogP contribution >= 0.6 is 11.8 Å². The number of nitrogens with one attached hydrogen (secondary N) is 3. The van der Waals surface area contributed by atoms with Crippen molar-refractivity contribution < 1.29 is 28.6 Å². The van der Waals surface area contributed by atoms with Gasteiger partial charge in [0.1, 0.15) is 11.4 Å². The maximum absolute atomic E-state index is 13.8. The zero-order chi connectivity index (χ0) is 33.9. The Morgan fingerprint density at radius 2 is 1.49 bits per heavy atom. The number of methoxy groups -OCH3 is 3. The number of thioether (sulfide) groups is 1. The van der Waals surface area contributed by atoms with E-state index in [1.807, 2.05) is 45.0 Å². The Morgan fingerprint density at radius 3 is 2.15 bits per heavy atom. The first-order chi connectivity index (χ1) is 22.6. The molecule has 4 rings (SSSR count). The van der Waals surface area contributed by atoms with E-state index in [0.29, 0.717) is 40.5 Å². The molecule has 3 N–H and O–H groups in total. The number of ether oxygens (including phenoxy) is 3. The maximum atomic E-state index is 13.8. The lowest BCUT2D eigenvalue weighted by molar-refractivity contribution is -0.116. The lowest BCUT2D eigenvalue weighted by atomic mass is 10.1. The third-order valence-corrected chi connectivity index (χ3v) is 8.60. The Hall–Kier alpha value is -5.22. The second kappa shape index (κ2) is 16.4. The zero-order valence-corrected chi connectivity index (χ0v) is 28.1. The molecule has 1 atom stereocenters. The molecule has 10 heteroatoms. The highest BCUT2D eigenvalue weighted by Crippen LogP contribution is 2.36. The molecule has 47 heavy (non-hydrogen) atoms. The number of aryl methyl sites for hydroxylation is 2. The van der Waals surface area contributed by atoms with Crippen molar-refractivity contribution in [2.75, 3.05) is 32.0 Å². The minimum absolute atomic E-state index is 0.0262. The Kier molecular flexibility index (Phi) is 12.1. The predicted octanol–water partition coefficient (Wildman–Crippen LogP) is 7.25. The topological polar surface area (TPSA) is 115 Å². The van der Waals surface area contributed by atoms with Crippen LogP contribution in [0.1, 0.15) is 40.4 Å². The summed E-state index contributed by atoms with van der Waals surface area (Å²) in [5, 5.41) is 8.32. The van der Waals surface area contributed by atoms with Crippen molar-refractivity contribution >= 4 is 46.9 Å². The summed E-state index contributed by atoms with van der Waals surface area (Å²) in [7, 11) is 4.51. The van der Waals surface area contributed by atoms with Crippen molar-refractivity contribution in [1.82, 2.24) is 5.32 Å². The van der Waals surface area contributed by atoms with Crippen LogP contribution in [0.25, 0.3) is 6.08 Å². The molecule has 0 aliphatic rings. The molecule has 0 fully saturated rings. The van der Waals surface area contributed by atoms with E-state index >= 15 is 0 Å².